The number of aliphatic hydroxyl groups is 1. The van der Waals surface area contributed by atoms with Crippen molar-refractivity contribution < 1.29 is 9.84 Å². The zero-order valence-electron chi connectivity index (χ0n) is 14.6. The summed E-state index contributed by atoms with van der Waals surface area (Å²) in [4.78, 5) is 7.67. The number of hydrogen-bond acceptors (Lipinski definition) is 5. The van der Waals surface area contributed by atoms with Crippen LogP contribution in [0.2, 0.25) is 0 Å². The molecular formula is C19H29N3O2. The van der Waals surface area contributed by atoms with Crippen LogP contribution in [-0.4, -0.2) is 90.0 Å². The van der Waals surface area contributed by atoms with E-state index in [9.17, 15) is 5.11 Å². The number of benzene rings is 1. The summed E-state index contributed by atoms with van der Waals surface area (Å²) in [6, 6.07) is 11.8. The van der Waals surface area contributed by atoms with Crippen molar-refractivity contribution in [1.29, 1.82) is 0 Å². The summed E-state index contributed by atoms with van der Waals surface area (Å²) in [5, 5.41) is 10.1. The summed E-state index contributed by atoms with van der Waals surface area (Å²) in [6.07, 6.45) is 0. The van der Waals surface area contributed by atoms with E-state index < -0.39 is 0 Å². The van der Waals surface area contributed by atoms with Crippen LogP contribution in [0.25, 0.3) is 0 Å². The largest absolute Gasteiger partial charge is 0.394 e. The van der Waals surface area contributed by atoms with Crippen LogP contribution in [0.15, 0.2) is 30.3 Å². The van der Waals surface area contributed by atoms with E-state index in [0.29, 0.717) is 12.1 Å². The van der Waals surface area contributed by atoms with Crippen molar-refractivity contribution in [2.45, 2.75) is 31.1 Å². The van der Waals surface area contributed by atoms with Crippen LogP contribution in [0.4, 0.5) is 0 Å². The number of rotatable bonds is 4. The summed E-state index contributed by atoms with van der Waals surface area (Å²) < 4.78 is 5.38. The van der Waals surface area contributed by atoms with Crippen LogP contribution < -0.4 is 0 Å². The molecule has 1 aromatic rings. The molecule has 3 fully saturated rings. The Labute approximate surface area is 144 Å². The third-order valence-corrected chi connectivity index (χ3v) is 5.97. The molecule has 0 amide bonds. The fraction of sp³-hybridized carbons (Fsp3) is 0.684. The topological polar surface area (TPSA) is 39.2 Å². The molecule has 5 nitrogen and oxygen atoms in total. The molecule has 1 N–H and O–H groups in total. The standard InChI is InChI=1S/C19H29N3O2/c1-19(15-23)14-20(9-16-5-3-2-4-6-16)10-17-11-21(7-8-22(17)19)18-12-24-13-18/h2-6,17-18,23H,7-15H2,1H3/t17-,19+/m1/s1. The average Bonchev–Trinajstić information content (AvgIpc) is 2.54. The first-order chi connectivity index (χ1) is 11.7. The molecule has 0 bridgehead atoms. The second kappa shape index (κ2) is 6.73. The average molecular weight is 331 g/mol. The van der Waals surface area contributed by atoms with Gasteiger partial charge in [0.1, 0.15) is 0 Å². The Bertz CT molecular complexity index is 551. The van der Waals surface area contributed by atoms with Crippen molar-refractivity contribution in [2.24, 2.45) is 0 Å². The number of piperazine rings is 2. The van der Waals surface area contributed by atoms with Gasteiger partial charge in [-0.2, -0.15) is 0 Å². The van der Waals surface area contributed by atoms with Crippen molar-refractivity contribution in [3.8, 4) is 0 Å². The number of nitrogens with zero attached hydrogens (tertiary/aromatic N) is 3. The quantitative estimate of drug-likeness (QED) is 0.877. The van der Waals surface area contributed by atoms with Crippen molar-refractivity contribution in [1.82, 2.24) is 14.7 Å². The zero-order chi connectivity index (χ0) is 16.6. The molecule has 0 aromatic heterocycles. The van der Waals surface area contributed by atoms with Gasteiger partial charge in [-0.25, -0.2) is 0 Å². The Morgan fingerprint density at radius 1 is 1.12 bits per heavy atom. The van der Waals surface area contributed by atoms with Crippen molar-refractivity contribution >= 4 is 0 Å². The van der Waals surface area contributed by atoms with Crippen molar-refractivity contribution in [2.75, 3.05) is 52.5 Å². The summed E-state index contributed by atoms with van der Waals surface area (Å²) in [5.41, 5.74) is 1.21. The number of hydrogen-bond donors (Lipinski definition) is 1. The smallest absolute Gasteiger partial charge is 0.0645 e. The molecule has 24 heavy (non-hydrogen) atoms. The molecular weight excluding hydrogens is 302 g/mol. The van der Waals surface area contributed by atoms with Gasteiger partial charge >= 0.3 is 0 Å². The lowest BCUT2D eigenvalue weighted by molar-refractivity contribution is -0.130. The lowest BCUT2D eigenvalue weighted by Crippen LogP contribution is -2.73. The van der Waals surface area contributed by atoms with E-state index in [1.165, 1.54) is 5.56 Å². The maximum absolute atomic E-state index is 10.1. The lowest BCUT2D eigenvalue weighted by atomic mass is 9.90. The van der Waals surface area contributed by atoms with Crippen molar-refractivity contribution in [3.63, 3.8) is 0 Å². The highest BCUT2D eigenvalue weighted by molar-refractivity contribution is 5.15. The van der Waals surface area contributed by atoms with Gasteiger partial charge in [0.15, 0.2) is 0 Å². The van der Waals surface area contributed by atoms with Gasteiger partial charge in [0.25, 0.3) is 0 Å². The Morgan fingerprint density at radius 2 is 1.92 bits per heavy atom. The molecule has 2 atom stereocenters. The monoisotopic (exact) mass is 331 g/mol. The Hall–Kier alpha value is -0.980. The second-order valence-electron chi connectivity index (χ2n) is 7.84. The molecule has 3 heterocycles. The minimum Gasteiger partial charge on any atom is -0.394 e. The highest BCUT2D eigenvalue weighted by Gasteiger charge is 2.46. The maximum atomic E-state index is 10.1. The minimum absolute atomic E-state index is 0.139. The SMILES string of the molecule is C[C@@]1(CO)CN(Cc2ccccc2)C[C@@H]2CN(C3COC3)CCN21. The Balaban J connectivity index is 1.48. The maximum Gasteiger partial charge on any atom is 0.0645 e. The molecule has 1 aromatic carbocycles. The number of ether oxygens (including phenoxy) is 1. The summed E-state index contributed by atoms with van der Waals surface area (Å²) in [7, 11) is 0. The van der Waals surface area contributed by atoms with Gasteiger partial charge in [-0.05, 0) is 12.5 Å². The molecule has 4 rings (SSSR count). The molecule has 132 valence electrons. The first kappa shape index (κ1) is 16.5. The van der Waals surface area contributed by atoms with Crippen LogP contribution in [0, 0.1) is 0 Å². The molecule has 3 aliphatic heterocycles. The predicted octanol–water partition coefficient (Wildman–Crippen LogP) is 0.638. The minimum atomic E-state index is -0.139. The normalized spacial score (nSPS) is 33.2. The molecule has 0 unspecified atom stereocenters. The summed E-state index contributed by atoms with van der Waals surface area (Å²) in [6.45, 7) is 10.4. The lowest BCUT2D eigenvalue weighted by Gasteiger charge is -2.57. The second-order valence-corrected chi connectivity index (χ2v) is 7.84. The fourth-order valence-corrected chi connectivity index (χ4v) is 4.55. The third-order valence-electron chi connectivity index (χ3n) is 5.97. The van der Waals surface area contributed by atoms with Crippen LogP contribution in [-0.2, 0) is 11.3 Å². The van der Waals surface area contributed by atoms with Gasteiger partial charge < -0.3 is 9.84 Å². The molecule has 0 saturated carbocycles. The van der Waals surface area contributed by atoms with Gasteiger partial charge in [0, 0.05) is 45.3 Å². The highest BCUT2D eigenvalue weighted by Crippen LogP contribution is 2.30. The van der Waals surface area contributed by atoms with Crippen LogP contribution in [0.1, 0.15) is 12.5 Å². The van der Waals surface area contributed by atoms with E-state index in [4.69, 9.17) is 4.74 Å². The van der Waals surface area contributed by atoms with E-state index in [1.54, 1.807) is 0 Å². The van der Waals surface area contributed by atoms with Gasteiger partial charge in [-0.15, -0.1) is 0 Å². The Kier molecular flexibility index (Phi) is 4.62. The molecule has 0 spiro atoms. The summed E-state index contributed by atoms with van der Waals surface area (Å²) in [5.74, 6) is 0. The van der Waals surface area contributed by atoms with Crippen LogP contribution >= 0.6 is 0 Å². The van der Waals surface area contributed by atoms with E-state index >= 15 is 0 Å². The van der Waals surface area contributed by atoms with E-state index in [1.807, 2.05) is 0 Å². The van der Waals surface area contributed by atoms with Crippen LogP contribution in [0.3, 0.4) is 0 Å². The number of aliphatic hydroxyl groups excluding tert-OH is 1. The first-order valence-corrected chi connectivity index (χ1v) is 9.14. The van der Waals surface area contributed by atoms with Crippen LogP contribution in [0.5, 0.6) is 0 Å². The Morgan fingerprint density at radius 3 is 2.58 bits per heavy atom. The first-order valence-electron chi connectivity index (χ1n) is 9.14. The van der Waals surface area contributed by atoms with E-state index in [-0.39, 0.29) is 12.1 Å². The van der Waals surface area contributed by atoms with Gasteiger partial charge in [0.05, 0.1) is 31.4 Å². The molecule has 0 aliphatic carbocycles. The van der Waals surface area contributed by atoms with Gasteiger partial charge in [-0.1, -0.05) is 30.3 Å². The van der Waals surface area contributed by atoms with E-state index in [2.05, 4.69) is 52.0 Å². The molecule has 5 heteroatoms. The zero-order valence-corrected chi connectivity index (χ0v) is 14.6. The molecule has 0 radical (unpaired) electrons. The van der Waals surface area contributed by atoms with Crippen molar-refractivity contribution in [3.05, 3.63) is 35.9 Å². The molecule has 3 saturated heterocycles. The van der Waals surface area contributed by atoms with Gasteiger partial charge in [0.2, 0.25) is 0 Å². The third kappa shape index (κ3) is 3.11. The van der Waals surface area contributed by atoms with Gasteiger partial charge in [-0.3, -0.25) is 14.7 Å². The fourth-order valence-electron chi connectivity index (χ4n) is 4.55. The van der Waals surface area contributed by atoms with E-state index in [0.717, 1.165) is 52.5 Å². The predicted molar refractivity (Wildman–Crippen MR) is 93.9 cm³/mol. The molecule has 3 aliphatic rings. The highest BCUT2D eigenvalue weighted by atomic mass is 16.5. The summed E-state index contributed by atoms with van der Waals surface area (Å²) >= 11 is 0. The number of fused-ring (bicyclic) bond motifs is 1.